The Bertz CT molecular complexity index is 191. The second-order valence-corrected chi connectivity index (χ2v) is 10.3. The van der Waals surface area contributed by atoms with Crippen LogP contribution in [0.3, 0.4) is 0 Å². The molecule has 4 nitrogen and oxygen atoms in total. The quantitative estimate of drug-likeness (QED) is 0.189. The molecular formula is C14H30O4S4. The average Bonchev–Trinajstić information content (AvgIpc) is 2.50. The minimum atomic E-state index is -0.0566. The molecule has 0 radical (unpaired) electrons. The van der Waals surface area contributed by atoms with Crippen LogP contribution in [-0.4, -0.2) is 50.5 Å². The van der Waals surface area contributed by atoms with E-state index < -0.39 is 0 Å². The van der Waals surface area contributed by atoms with Gasteiger partial charge in [0.15, 0.2) is 12.6 Å². The molecular weight excluding hydrogens is 360 g/mol. The Hall–Kier alpha value is 1.24. The maximum absolute atomic E-state index is 5.52. The molecule has 0 amide bonds. The van der Waals surface area contributed by atoms with Gasteiger partial charge in [0.05, 0.1) is 0 Å². The molecule has 0 aliphatic carbocycles. The summed E-state index contributed by atoms with van der Waals surface area (Å²) < 4.78 is 22.1. The van der Waals surface area contributed by atoms with Crippen molar-refractivity contribution in [3.63, 3.8) is 0 Å². The van der Waals surface area contributed by atoms with Gasteiger partial charge < -0.3 is 18.9 Å². The van der Waals surface area contributed by atoms with Gasteiger partial charge >= 0.3 is 0 Å². The van der Waals surface area contributed by atoms with Crippen LogP contribution in [0, 0.1) is 0 Å². The van der Waals surface area contributed by atoms with Crippen LogP contribution in [0.25, 0.3) is 0 Å². The molecule has 0 heterocycles. The van der Waals surface area contributed by atoms with Crippen LogP contribution in [-0.2, 0) is 18.9 Å². The van der Waals surface area contributed by atoms with Crippen LogP contribution in [0.2, 0.25) is 0 Å². The van der Waals surface area contributed by atoms with Gasteiger partial charge in [-0.05, 0) is 47.3 Å². The standard InChI is InChI=1S/C14H30O4S4/c1-5-15-13(16-6-2)9-11-19-21-22-20-12-10-14(17-7-3)18-8-4/h13-14H,5-12H2,1-4H3. The molecule has 0 saturated carbocycles. The first-order valence-corrected chi connectivity index (χ1v) is 13.0. The highest BCUT2D eigenvalue weighted by atomic mass is 33.7. The zero-order valence-corrected chi connectivity index (χ0v) is 17.3. The van der Waals surface area contributed by atoms with Crippen LogP contribution in [0.4, 0.5) is 0 Å². The maximum atomic E-state index is 5.52. The lowest BCUT2D eigenvalue weighted by Gasteiger charge is -2.16. The molecule has 0 unspecified atom stereocenters. The van der Waals surface area contributed by atoms with E-state index in [1.807, 2.05) is 68.9 Å². The van der Waals surface area contributed by atoms with Crippen molar-refractivity contribution in [3.05, 3.63) is 0 Å². The molecule has 134 valence electrons. The van der Waals surface area contributed by atoms with E-state index in [2.05, 4.69) is 0 Å². The molecule has 0 N–H and O–H groups in total. The molecule has 0 aromatic carbocycles. The molecule has 22 heavy (non-hydrogen) atoms. The van der Waals surface area contributed by atoms with Crippen molar-refractivity contribution in [1.82, 2.24) is 0 Å². The fraction of sp³-hybridized carbons (Fsp3) is 1.00. The third-order valence-electron chi connectivity index (χ3n) is 2.41. The molecule has 0 aliphatic rings. The summed E-state index contributed by atoms with van der Waals surface area (Å²) in [6.45, 7) is 10.8. The Balaban J connectivity index is 3.44. The van der Waals surface area contributed by atoms with E-state index in [1.54, 1.807) is 0 Å². The Labute approximate surface area is 151 Å². The third-order valence-corrected chi connectivity index (χ3v) is 8.94. The fourth-order valence-electron chi connectivity index (χ4n) is 1.57. The van der Waals surface area contributed by atoms with E-state index in [4.69, 9.17) is 18.9 Å². The minimum Gasteiger partial charge on any atom is -0.353 e. The van der Waals surface area contributed by atoms with Gasteiger partial charge in [0, 0.05) is 50.8 Å². The smallest absolute Gasteiger partial charge is 0.158 e. The molecule has 0 saturated heterocycles. The van der Waals surface area contributed by atoms with Gasteiger partial charge in [-0.15, -0.1) is 0 Å². The highest BCUT2D eigenvalue weighted by Gasteiger charge is 2.09. The Morgan fingerprint density at radius 2 is 0.909 bits per heavy atom. The summed E-state index contributed by atoms with van der Waals surface area (Å²) >= 11 is 0. The summed E-state index contributed by atoms with van der Waals surface area (Å²) in [6.07, 6.45) is 1.75. The van der Waals surface area contributed by atoms with Crippen molar-refractivity contribution in [2.24, 2.45) is 0 Å². The second-order valence-electron chi connectivity index (χ2n) is 4.04. The molecule has 8 heteroatoms. The Morgan fingerprint density at radius 1 is 0.591 bits per heavy atom. The van der Waals surface area contributed by atoms with Crippen molar-refractivity contribution in [1.29, 1.82) is 0 Å². The topological polar surface area (TPSA) is 36.9 Å². The van der Waals surface area contributed by atoms with Crippen LogP contribution in [0.5, 0.6) is 0 Å². The van der Waals surface area contributed by atoms with Gasteiger partial charge in [0.1, 0.15) is 0 Å². The summed E-state index contributed by atoms with van der Waals surface area (Å²) in [4.78, 5) is 0. The van der Waals surface area contributed by atoms with Crippen LogP contribution in [0.1, 0.15) is 40.5 Å². The summed E-state index contributed by atoms with van der Waals surface area (Å²) in [5.41, 5.74) is 0. The van der Waals surface area contributed by atoms with E-state index in [0.29, 0.717) is 26.4 Å². The summed E-state index contributed by atoms with van der Waals surface area (Å²) in [6, 6.07) is 0. The Morgan fingerprint density at radius 3 is 1.18 bits per heavy atom. The SMILES string of the molecule is CCOC(CCSSSSCCC(OCC)OCC)OCC. The monoisotopic (exact) mass is 390 g/mol. The molecule has 0 aromatic heterocycles. The van der Waals surface area contributed by atoms with E-state index in [-0.39, 0.29) is 12.6 Å². The van der Waals surface area contributed by atoms with Crippen LogP contribution < -0.4 is 0 Å². The highest BCUT2D eigenvalue weighted by Crippen LogP contribution is 2.43. The highest BCUT2D eigenvalue weighted by molar-refractivity contribution is 9.26. The first kappa shape index (κ1) is 23.2. The van der Waals surface area contributed by atoms with Gasteiger partial charge in [0.25, 0.3) is 0 Å². The van der Waals surface area contributed by atoms with Crippen LogP contribution >= 0.6 is 41.2 Å². The lowest BCUT2D eigenvalue weighted by molar-refractivity contribution is -0.136. The summed E-state index contributed by atoms with van der Waals surface area (Å²) in [7, 11) is 7.32. The van der Waals surface area contributed by atoms with Gasteiger partial charge in [-0.1, -0.05) is 21.6 Å². The predicted molar refractivity (Wildman–Crippen MR) is 103 cm³/mol. The van der Waals surface area contributed by atoms with Gasteiger partial charge in [0.2, 0.25) is 0 Å². The number of hydrogen-bond donors (Lipinski definition) is 0. The number of hydrogen-bond acceptors (Lipinski definition) is 8. The summed E-state index contributed by atoms with van der Waals surface area (Å²) in [5.74, 6) is 2.06. The molecule has 0 fully saturated rings. The van der Waals surface area contributed by atoms with Crippen molar-refractivity contribution in [2.45, 2.75) is 53.1 Å². The van der Waals surface area contributed by atoms with Gasteiger partial charge in [-0.3, -0.25) is 0 Å². The number of ether oxygens (including phenoxy) is 4. The second kappa shape index (κ2) is 18.6. The first-order chi connectivity index (χ1) is 10.8. The lowest BCUT2D eigenvalue weighted by Crippen LogP contribution is -2.17. The molecule has 0 bridgehead atoms. The molecule has 0 spiro atoms. The molecule has 0 aromatic rings. The predicted octanol–water partition coefficient (Wildman–Crippen LogP) is 5.24. The van der Waals surface area contributed by atoms with E-state index in [9.17, 15) is 0 Å². The van der Waals surface area contributed by atoms with Crippen molar-refractivity contribution in [2.75, 3.05) is 37.9 Å². The minimum absolute atomic E-state index is 0.0566. The van der Waals surface area contributed by atoms with Gasteiger partial charge in [-0.2, -0.15) is 0 Å². The fourth-order valence-corrected chi connectivity index (χ4v) is 7.64. The van der Waals surface area contributed by atoms with Crippen molar-refractivity contribution >= 4 is 41.2 Å². The van der Waals surface area contributed by atoms with E-state index >= 15 is 0 Å². The lowest BCUT2D eigenvalue weighted by atomic mass is 10.5. The average molecular weight is 391 g/mol. The van der Waals surface area contributed by atoms with Crippen LogP contribution in [0.15, 0.2) is 0 Å². The maximum Gasteiger partial charge on any atom is 0.158 e. The van der Waals surface area contributed by atoms with Gasteiger partial charge in [-0.25, -0.2) is 0 Å². The zero-order chi connectivity index (χ0) is 16.5. The van der Waals surface area contributed by atoms with E-state index in [1.165, 1.54) is 0 Å². The third kappa shape index (κ3) is 14.8. The zero-order valence-electron chi connectivity index (χ0n) is 14.1. The molecule has 0 rings (SSSR count). The molecule has 0 aliphatic heterocycles. The normalized spacial score (nSPS) is 11.7. The summed E-state index contributed by atoms with van der Waals surface area (Å²) in [5, 5.41) is 0. The first-order valence-electron chi connectivity index (χ1n) is 7.82. The van der Waals surface area contributed by atoms with Crippen molar-refractivity contribution in [3.8, 4) is 0 Å². The number of rotatable bonds is 17. The largest absolute Gasteiger partial charge is 0.353 e. The van der Waals surface area contributed by atoms with Crippen molar-refractivity contribution < 1.29 is 18.9 Å². The molecule has 0 atom stereocenters. The Kier molecular flexibility index (Phi) is 19.6. The van der Waals surface area contributed by atoms with E-state index in [0.717, 1.165) is 24.3 Å².